The van der Waals surface area contributed by atoms with E-state index in [1.165, 1.54) is 24.3 Å². The van der Waals surface area contributed by atoms with Crippen LogP contribution in [0, 0.1) is 5.92 Å². The molecule has 1 nitrogen and oxygen atoms in total. The molecule has 2 saturated heterocycles. The lowest BCUT2D eigenvalue weighted by molar-refractivity contribution is 0.0909. The van der Waals surface area contributed by atoms with Gasteiger partial charge in [-0.3, -0.25) is 0 Å². The minimum Gasteiger partial charge on any atom is -0.378 e. The minimum absolute atomic E-state index is 0.645. The van der Waals surface area contributed by atoms with Crippen LogP contribution in [-0.4, -0.2) is 24.2 Å². The maximum Gasteiger partial charge on any atom is 0.0619 e. The van der Waals surface area contributed by atoms with Crippen LogP contribution in [0.3, 0.4) is 0 Å². The van der Waals surface area contributed by atoms with E-state index in [4.69, 9.17) is 4.74 Å². The highest BCUT2D eigenvalue weighted by Gasteiger charge is 2.30. The van der Waals surface area contributed by atoms with Crippen molar-refractivity contribution in [3.05, 3.63) is 0 Å². The summed E-state index contributed by atoms with van der Waals surface area (Å²) in [6.07, 6.45) is 3.26. The molecule has 2 aliphatic rings. The lowest BCUT2D eigenvalue weighted by Gasteiger charge is -2.22. The van der Waals surface area contributed by atoms with Gasteiger partial charge in [-0.25, -0.2) is 0 Å². The summed E-state index contributed by atoms with van der Waals surface area (Å²) in [5, 5.41) is 0. The Hall–Kier alpha value is 0.310. The molecule has 2 heterocycles. The van der Waals surface area contributed by atoms with E-state index < -0.39 is 0 Å². The Morgan fingerprint density at radius 1 is 1.33 bits per heavy atom. The first kappa shape index (κ1) is 6.05. The van der Waals surface area contributed by atoms with E-state index in [9.17, 15) is 0 Å². The number of hydrogen-bond acceptors (Lipinski definition) is 2. The van der Waals surface area contributed by atoms with Crippen molar-refractivity contribution >= 4 is 11.8 Å². The van der Waals surface area contributed by atoms with Crippen molar-refractivity contribution in [1.29, 1.82) is 0 Å². The van der Waals surface area contributed by atoms with Gasteiger partial charge in [0, 0.05) is 6.61 Å². The summed E-state index contributed by atoms with van der Waals surface area (Å²) in [6.45, 7) is 1.02. The molecule has 2 atom stereocenters. The largest absolute Gasteiger partial charge is 0.378 e. The molecule has 0 radical (unpaired) electrons. The predicted molar refractivity (Wildman–Crippen MR) is 39.8 cm³/mol. The fraction of sp³-hybridized carbons (Fsp3) is 1.00. The second-order valence-corrected chi connectivity index (χ2v) is 3.97. The zero-order valence-corrected chi connectivity index (χ0v) is 6.32. The second kappa shape index (κ2) is 2.51. The summed E-state index contributed by atoms with van der Waals surface area (Å²) >= 11 is 2.09. The minimum atomic E-state index is 0.645. The van der Waals surface area contributed by atoms with Crippen LogP contribution in [0.1, 0.15) is 12.8 Å². The monoisotopic (exact) mass is 144 g/mol. The van der Waals surface area contributed by atoms with Gasteiger partial charge in [0.1, 0.15) is 0 Å². The number of rotatable bonds is 0. The molecule has 0 saturated carbocycles. The van der Waals surface area contributed by atoms with Gasteiger partial charge < -0.3 is 4.74 Å². The Balaban J connectivity index is 1.97. The average Bonchev–Trinajstić information content (AvgIpc) is 2.33. The summed E-state index contributed by atoms with van der Waals surface area (Å²) in [4.78, 5) is 0. The highest BCUT2D eigenvalue weighted by Crippen LogP contribution is 2.32. The Labute approximate surface area is 60.2 Å². The third-order valence-electron chi connectivity index (χ3n) is 2.22. The summed E-state index contributed by atoms with van der Waals surface area (Å²) in [5.74, 6) is 3.58. The third kappa shape index (κ3) is 1.10. The van der Waals surface area contributed by atoms with Crippen LogP contribution in [0.15, 0.2) is 0 Å². The van der Waals surface area contributed by atoms with Crippen LogP contribution < -0.4 is 0 Å². The lowest BCUT2D eigenvalue weighted by Crippen LogP contribution is -2.23. The van der Waals surface area contributed by atoms with E-state index in [0.717, 1.165) is 12.5 Å². The molecule has 2 aliphatic heterocycles. The van der Waals surface area contributed by atoms with Gasteiger partial charge in [0.25, 0.3) is 0 Å². The van der Waals surface area contributed by atoms with Crippen molar-refractivity contribution in [1.82, 2.24) is 0 Å². The van der Waals surface area contributed by atoms with Gasteiger partial charge >= 0.3 is 0 Å². The van der Waals surface area contributed by atoms with Crippen LogP contribution >= 0.6 is 11.8 Å². The molecule has 0 spiro atoms. The zero-order valence-electron chi connectivity index (χ0n) is 5.51. The van der Waals surface area contributed by atoms with Gasteiger partial charge in [-0.2, -0.15) is 11.8 Å². The summed E-state index contributed by atoms with van der Waals surface area (Å²) in [6, 6.07) is 0. The van der Waals surface area contributed by atoms with Crippen molar-refractivity contribution in [2.24, 2.45) is 5.92 Å². The number of thioether (sulfide) groups is 1. The fourth-order valence-electron chi connectivity index (χ4n) is 1.64. The van der Waals surface area contributed by atoms with E-state index in [0.29, 0.717) is 6.10 Å². The summed E-state index contributed by atoms with van der Waals surface area (Å²) < 4.78 is 5.54. The molecule has 9 heavy (non-hydrogen) atoms. The molecule has 0 aromatic carbocycles. The Kier molecular flexibility index (Phi) is 1.68. The first-order chi connectivity index (χ1) is 4.47. The molecule has 0 aromatic heterocycles. The van der Waals surface area contributed by atoms with Crippen LogP contribution in [-0.2, 0) is 4.74 Å². The van der Waals surface area contributed by atoms with Crippen molar-refractivity contribution in [3.8, 4) is 0 Å². The standard InChI is InChI=1S/C7H12OS/c1-3-8-7-2-4-9-5-6(1)7/h6-7H,1-5H2. The van der Waals surface area contributed by atoms with Crippen LogP contribution in [0.4, 0.5) is 0 Å². The molecular formula is C7H12OS. The lowest BCUT2D eigenvalue weighted by atomic mass is 10.0. The molecular weight excluding hydrogens is 132 g/mol. The molecule has 2 fully saturated rings. The topological polar surface area (TPSA) is 9.23 Å². The van der Waals surface area contributed by atoms with Gasteiger partial charge in [0.05, 0.1) is 6.10 Å². The second-order valence-electron chi connectivity index (χ2n) is 2.82. The van der Waals surface area contributed by atoms with E-state index in [1.807, 2.05) is 0 Å². The van der Waals surface area contributed by atoms with E-state index in [-0.39, 0.29) is 0 Å². The highest BCUT2D eigenvalue weighted by atomic mass is 32.2. The third-order valence-corrected chi connectivity index (χ3v) is 3.41. The Morgan fingerprint density at radius 3 is 3.22 bits per heavy atom. The van der Waals surface area contributed by atoms with Crippen LogP contribution in [0.5, 0.6) is 0 Å². The van der Waals surface area contributed by atoms with Gasteiger partial charge in [0.15, 0.2) is 0 Å². The Bertz CT molecular complexity index is 93.1. The van der Waals surface area contributed by atoms with Crippen LogP contribution in [0.2, 0.25) is 0 Å². The molecule has 2 rings (SSSR count). The van der Waals surface area contributed by atoms with Crippen LogP contribution in [0.25, 0.3) is 0 Å². The predicted octanol–water partition coefficient (Wildman–Crippen LogP) is 1.53. The fourth-order valence-corrected chi connectivity index (χ4v) is 2.89. The Morgan fingerprint density at radius 2 is 2.33 bits per heavy atom. The van der Waals surface area contributed by atoms with Gasteiger partial charge in [-0.15, -0.1) is 0 Å². The molecule has 0 amide bonds. The van der Waals surface area contributed by atoms with Gasteiger partial charge in [0.2, 0.25) is 0 Å². The van der Waals surface area contributed by atoms with Crippen molar-refractivity contribution in [2.45, 2.75) is 18.9 Å². The molecule has 2 heteroatoms. The van der Waals surface area contributed by atoms with Gasteiger partial charge in [-0.05, 0) is 30.3 Å². The first-order valence-electron chi connectivity index (χ1n) is 3.66. The zero-order chi connectivity index (χ0) is 6.10. The van der Waals surface area contributed by atoms with Gasteiger partial charge in [-0.1, -0.05) is 0 Å². The number of fused-ring (bicyclic) bond motifs is 1. The normalized spacial score (nSPS) is 42.7. The van der Waals surface area contributed by atoms with Crippen molar-refractivity contribution in [2.75, 3.05) is 18.1 Å². The van der Waals surface area contributed by atoms with E-state index in [2.05, 4.69) is 11.8 Å². The molecule has 2 unspecified atom stereocenters. The highest BCUT2D eigenvalue weighted by molar-refractivity contribution is 7.99. The smallest absolute Gasteiger partial charge is 0.0619 e. The molecule has 0 aliphatic carbocycles. The number of hydrogen-bond donors (Lipinski definition) is 0. The first-order valence-corrected chi connectivity index (χ1v) is 4.81. The summed E-state index contributed by atoms with van der Waals surface area (Å²) in [7, 11) is 0. The number of ether oxygens (including phenoxy) is 1. The average molecular weight is 144 g/mol. The summed E-state index contributed by atoms with van der Waals surface area (Å²) in [5.41, 5.74) is 0. The van der Waals surface area contributed by atoms with Crippen molar-refractivity contribution in [3.63, 3.8) is 0 Å². The van der Waals surface area contributed by atoms with E-state index in [1.54, 1.807) is 0 Å². The molecule has 0 aromatic rings. The van der Waals surface area contributed by atoms with Crippen molar-refractivity contribution < 1.29 is 4.74 Å². The maximum absolute atomic E-state index is 5.54. The quantitative estimate of drug-likeness (QED) is 0.510. The SMILES string of the molecule is C1CC2CSCCC2O1. The molecule has 0 bridgehead atoms. The molecule has 0 N–H and O–H groups in total. The molecule has 52 valence electrons. The van der Waals surface area contributed by atoms with E-state index >= 15 is 0 Å². The maximum atomic E-state index is 5.54.